The van der Waals surface area contributed by atoms with Crippen molar-refractivity contribution in [2.45, 2.75) is 121 Å². The highest BCUT2D eigenvalue weighted by Gasteiger charge is 2.62. The van der Waals surface area contributed by atoms with Crippen LogP contribution >= 0.6 is 0 Å². The maximum absolute atomic E-state index is 14.4. The number of carbonyl (C=O) groups is 5. The number of benzene rings is 1. The third-order valence-electron chi connectivity index (χ3n) is 11.2. The largest absolute Gasteiger partial charge is 0.454 e. The van der Waals surface area contributed by atoms with Crippen LogP contribution in [0.5, 0.6) is 11.5 Å². The van der Waals surface area contributed by atoms with Gasteiger partial charge in [0.25, 0.3) is 5.91 Å². The molecular formula is C37H49N5O11S. The molecule has 1 saturated heterocycles. The summed E-state index contributed by atoms with van der Waals surface area (Å²) in [5.74, 6) is -1.22. The Kier molecular flexibility index (Phi) is 9.98. The number of sulfonamides is 1. The number of alkyl carbamates (subject to hydrolysis) is 1. The minimum Gasteiger partial charge on any atom is -0.454 e. The van der Waals surface area contributed by atoms with Crippen molar-refractivity contribution in [2.75, 3.05) is 19.9 Å². The Bertz CT molecular complexity index is 1870. The zero-order valence-corrected chi connectivity index (χ0v) is 31.9. The molecule has 5 atom stereocenters. The third-order valence-corrected chi connectivity index (χ3v) is 13.0. The Morgan fingerprint density at radius 3 is 2.56 bits per heavy atom. The lowest BCUT2D eigenvalue weighted by Gasteiger charge is -2.35. The topological polar surface area (TPSA) is 199 Å². The van der Waals surface area contributed by atoms with Gasteiger partial charge in [0.15, 0.2) is 11.5 Å². The molecule has 0 spiro atoms. The summed E-state index contributed by atoms with van der Waals surface area (Å²) in [5.41, 5.74) is 0.292. The molecule has 1 aromatic carbocycles. The second kappa shape index (κ2) is 14.3. The van der Waals surface area contributed by atoms with Crippen LogP contribution in [0.4, 0.5) is 9.59 Å². The van der Waals surface area contributed by atoms with Crippen molar-refractivity contribution >= 4 is 46.0 Å². The van der Waals surface area contributed by atoms with Crippen LogP contribution in [0.25, 0.3) is 6.08 Å². The van der Waals surface area contributed by atoms with Crippen molar-refractivity contribution in [3.63, 3.8) is 0 Å². The number of hydrogen-bond donors (Lipinski definition) is 3. The van der Waals surface area contributed by atoms with Gasteiger partial charge in [-0.15, -0.1) is 0 Å². The molecule has 294 valence electrons. The van der Waals surface area contributed by atoms with E-state index >= 15 is 0 Å². The lowest BCUT2D eigenvalue weighted by atomic mass is 9.85. The van der Waals surface area contributed by atoms with Gasteiger partial charge in [0.1, 0.15) is 23.7 Å². The van der Waals surface area contributed by atoms with Gasteiger partial charge in [0.2, 0.25) is 28.6 Å². The Morgan fingerprint density at radius 2 is 1.85 bits per heavy atom. The van der Waals surface area contributed by atoms with E-state index in [1.807, 2.05) is 25.1 Å². The van der Waals surface area contributed by atoms with E-state index in [0.29, 0.717) is 43.6 Å². The molecule has 7 rings (SSSR count). The summed E-state index contributed by atoms with van der Waals surface area (Å²) in [6.07, 6.45) is 5.15. The molecule has 4 aliphatic heterocycles. The summed E-state index contributed by atoms with van der Waals surface area (Å²) in [7, 11) is -3.89. The van der Waals surface area contributed by atoms with Crippen LogP contribution in [0.2, 0.25) is 0 Å². The van der Waals surface area contributed by atoms with Gasteiger partial charge < -0.3 is 34.5 Å². The Balaban J connectivity index is 1.16. The van der Waals surface area contributed by atoms with Gasteiger partial charge in [-0.2, -0.15) is 0 Å². The summed E-state index contributed by atoms with van der Waals surface area (Å²) in [4.78, 5) is 71.8. The highest BCUT2D eigenvalue weighted by molar-refractivity contribution is 7.91. The zero-order valence-electron chi connectivity index (χ0n) is 31.1. The van der Waals surface area contributed by atoms with Gasteiger partial charge in [0, 0.05) is 18.5 Å². The van der Waals surface area contributed by atoms with E-state index in [9.17, 15) is 32.4 Å². The van der Waals surface area contributed by atoms with Crippen LogP contribution in [0.15, 0.2) is 12.1 Å². The molecule has 2 saturated carbocycles. The molecular weight excluding hydrogens is 722 g/mol. The van der Waals surface area contributed by atoms with Gasteiger partial charge in [-0.05, 0) is 67.1 Å². The molecule has 3 fully saturated rings. The fourth-order valence-electron chi connectivity index (χ4n) is 7.84. The number of ether oxygens (including phenoxy) is 4. The Labute approximate surface area is 314 Å². The smallest absolute Gasteiger partial charge is 0.410 e. The molecule has 4 bridgehead atoms. The summed E-state index contributed by atoms with van der Waals surface area (Å²) >= 11 is 0. The summed E-state index contributed by atoms with van der Waals surface area (Å²) < 4.78 is 50.5. The van der Waals surface area contributed by atoms with E-state index in [-0.39, 0.29) is 51.8 Å². The van der Waals surface area contributed by atoms with Crippen LogP contribution in [-0.2, 0) is 47.0 Å². The first-order valence-electron chi connectivity index (χ1n) is 18.8. The van der Waals surface area contributed by atoms with Crippen LogP contribution in [0.1, 0.15) is 95.8 Å². The van der Waals surface area contributed by atoms with E-state index in [2.05, 4.69) is 15.4 Å². The molecule has 17 heteroatoms. The van der Waals surface area contributed by atoms with Crippen molar-refractivity contribution in [1.29, 1.82) is 0 Å². The minimum absolute atomic E-state index is 0.0930. The molecule has 2 aliphatic carbocycles. The molecule has 0 radical (unpaired) electrons. The number of rotatable bonds is 6. The van der Waals surface area contributed by atoms with Crippen molar-refractivity contribution in [1.82, 2.24) is 25.2 Å². The fraction of sp³-hybridized carbons (Fsp3) is 0.649. The number of cyclic esters (lactones) is 1. The average Bonchev–Trinajstić information content (AvgIpc) is 3.93. The van der Waals surface area contributed by atoms with Gasteiger partial charge in [-0.1, -0.05) is 46.3 Å². The number of allylic oxidation sites excluding steroid dienone is 1. The van der Waals surface area contributed by atoms with E-state index in [1.54, 1.807) is 25.7 Å². The lowest BCUT2D eigenvalue weighted by Crippen LogP contribution is -2.60. The number of fused-ring (bicyclic) bond motifs is 5. The van der Waals surface area contributed by atoms with E-state index in [4.69, 9.17) is 18.9 Å². The number of amides is 5. The van der Waals surface area contributed by atoms with Gasteiger partial charge in [-0.25, -0.2) is 18.0 Å². The van der Waals surface area contributed by atoms with Gasteiger partial charge in [0.05, 0.1) is 24.9 Å². The van der Waals surface area contributed by atoms with Crippen LogP contribution in [0, 0.1) is 11.3 Å². The minimum atomic E-state index is -3.89. The molecule has 3 N–H and O–H groups in total. The monoisotopic (exact) mass is 771 g/mol. The SMILES string of the molecule is CC[C@H]1C[C@@]1(NC(=O)C1C[C@@H]2CN1C(=O)[C@H](C(C)(C)C)NC(=O)OCCCC/C=C\c1c3c(cc4c1OCO4)CN(C3)C(=O)O2)C(=O)NS(=O)(=O)C1CC1. The zero-order chi connectivity index (χ0) is 38.6. The average molecular weight is 772 g/mol. The second-order valence-electron chi connectivity index (χ2n) is 16.2. The van der Waals surface area contributed by atoms with Crippen LogP contribution in [-0.4, -0.2) is 97.0 Å². The predicted molar refractivity (Wildman–Crippen MR) is 192 cm³/mol. The lowest BCUT2D eigenvalue weighted by molar-refractivity contribution is -0.143. The molecule has 0 aromatic heterocycles. The van der Waals surface area contributed by atoms with Gasteiger partial charge >= 0.3 is 12.2 Å². The standard InChI is InChI=1S/C37H49N5O11S/c1-5-22-16-37(22,33(45)40-54(48,49)24-11-12-24)39-31(43)27-15-23-18-42(27)32(44)30(36(2,3)4)38-34(46)50-13-9-7-6-8-10-25-26-19-41(35(47)53-23)17-21(26)14-28-29(25)52-20-51-28/h8,10,14,22-24,27,30H,5-7,9,11-13,15-20H2,1-4H3,(H,38,46)(H,39,43)(H,40,45)/b10-8-/t22-,23+,27?,30+,37-/m0/s1. The molecule has 4 heterocycles. The first kappa shape index (κ1) is 37.8. The van der Waals surface area contributed by atoms with Crippen molar-refractivity contribution < 1.29 is 51.3 Å². The van der Waals surface area contributed by atoms with Crippen molar-refractivity contribution in [2.24, 2.45) is 11.3 Å². The maximum Gasteiger partial charge on any atom is 0.410 e. The first-order chi connectivity index (χ1) is 25.6. The Hall–Kier alpha value is -4.54. The molecule has 1 aromatic rings. The van der Waals surface area contributed by atoms with E-state index in [0.717, 1.165) is 23.1 Å². The fourth-order valence-corrected chi connectivity index (χ4v) is 9.20. The van der Waals surface area contributed by atoms with E-state index < -0.39 is 74.3 Å². The van der Waals surface area contributed by atoms with Crippen LogP contribution in [0.3, 0.4) is 0 Å². The van der Waals surface area contributed by atoms with Crippen LogP contribution < -0.4 is 24.8 Å². The summed E-state index contributed by atoms with van der Waals surface area (Å²) in [5, 5.41) is 4.87. The third kappa shape index (κ3) is 7.43. The summed E-state index contributed by atoms with van der Waals surface area (Å²) in [6.45, 7) is 7.70. The Morgan fingerprint density at radius 1 is 1.07 bits per heavy atom. The maximum atomic E-state index is 14.4. The molecule has 5 amide bonds. The highest BCUT2D eigenvalue weighted by Crippen LogP contribution is 2.47. The normalized spacial score (nSPS) is 29.1. The number of nitrogens with one attached hydrogen (secondary N) is 3. The number of carbonyl (C=O) groups excluding carboxylic acids is 5. The molecule has 16 nitrogen and oxygen atoms in total. The molecule has 6 aliphatic rings. The first-order valence-corrected chi connectivity index (χ1v) is 20.3. The second-order valence-corrected chi connectivity index (χ2v) is 18.1. The number of nitrogens with zero attached hydrogens (tertiary/aromatic N) is 2. The van der Waals surface area contributed by atoms with E-state index in [1.165, 1.54) is 4.90 Å². The number of hydrogen-bond acceptors (Lipinski definition) is 11. The van der Waals surface area contributed by atoms with Crippen molar-refractivity contribution in [3.05, 3.63) is 28.8 Å². The van der Waals surface area contributed by atoms with Gasteiger partial charge in [-0.3, -0.25) is 24.0 Å². The predicted octanol–water partition coefficient (Wildman–Crippen LogP) is 3.07. The quantitative estimate of drug-likeness (QED) is 0.384. The summed E-state index contributed by atoms with van der Waals surface area (Å²) in [6, 6.07) is -0.475. The molecule has 54 heavy (non-hydrogen) atoms. The highest BCUT2D eigenvalue weighted by atomic mass is 32.2. The molecule has 1 unspecified atom stereocenters. The van der Waals surface area contributed by atoms with Crippen molar-refractivity contribution in [3.8, 4) is 11.5 Å².